The smallest absolute Gasteiger partial charge is 0.488 e. The lowest BCUT2D eigenvalue weighted by Gasteiger charge is -2.30. The molecule has 4 rings (SSSR count). The number of aryl methyl sites for hydroxylation is 1. The summed E-state index contributed by atoms with van der Waals surface area (Å²) < 4.78 is 53.6. The molecule has 7 heteroatoms. The van der Waals surface area contributed by atoms with Crippen LogP contribution in [0.4, 0.5) is 13.2 Å². The second-order valence-corrected chi connectivity index (χ2v) is 7.65. The summed E-state index contributed by atoms with van der Waals surface area (Å²) in [4.78, 5) is 12.0. The number of hydrogen-bond donors (Lipinski definition) is 0. The van der Waals surface area contributed by atoms with Gasteiger partial charge in [0, 0.05) is 22.6 Å². The van der Waals surface area contributed by atoms with Crippen LogP contribution in [0.2, 0.25) is 0 Å². The summed E-state index contributed by atoms with van der Waals surface area (Å²) in [6.07, 6.45) is -3.57. The maximum atomic E-state index is 12.7. The van der Waals surface area contributed by atoms with Crippen LogP contribution >= 0.6 is 0 Å². The molecule has 158 valence electrons. The summed E-state index contributed by atoms with van der Waals surface area (Å²) in [5, 5.41) is 0. The summed E-state index contributed by atoms with van der Waals surface area (Å²) in [6, 6.07) is 7.76. The van der Waals surface area contributed by atoms with E-state index in [0.717, 1.165) is 35.1 Å². The van der Waals surface area contributed by atoms with E-state index in [9.17, 15) is 18.0 Å². The van der Waals surface area contributed by atoms with Crippen molar-refractivity contribution >= 4 is 5.97 Å². The molecule has 0 amide bonds. The molecule has 0 saturated carbocycles. The number of carbonyl (C=O) groups excluding carboxylic acids is 1. The van der Waals surface area contributed by atoms with E-state index >= 15 is 0 Å². The molecule has 1 aliphatic carbocycles. The molecule has 2 aliphatic rings. The Hall–Kier alpha value is -2.96. The first-order valence-corrected chi connectivity index (χ1v) is 9.65. The molecule has 1 aliphatic heterocycles. The second kappa shape index (κ2) is 7.38. The van der Waals surface area contributed by atoms with E-state index in [1.54, 1.807) is 6.07 Å². The van der Waals surface area contributed by atoms with Gasteiger partial charge in [-0.15, -0.1) is 13.2 Å². The van der Waals surface area contributed by atoms with E-state index < -0.39 is 12.5 Å². The Morgan fingerprint density at radius 1 is 1.20 bits per heavy atom. The minimum Gasteiger partial charge on any atom is -0.488 e. The highest BCUT2D eigenvalue weighted by Crippen LogP contribution is 2.49. The third-order valence-corrected chi connectivity index (χ3v) is 5.80. The molecule has 0 spiro atoms. The Kier molecular flexibility index (Phi) is 5.00. The normalized spacial score (nSPS) is 20.4. The maximum Gasteiger partial charge on any atom is 0.573 e. The fraction of sp³-hybridized carbons (Fsp3) is 0.348. The standard InChI is InChI=1S/C23H21F3O4/c1-12-10-19(28-11-15-6-4-5-7-18(15)30-23(24,25)26)14(3)20-16(12)8-9-17-13(2)22(27)29-21(17)20/h4-7,10,17,21H,2,8-9,11H2,1,3H3/t17-,21+/m0/s1. The topological polar surface area (TPSA) is 44.8 Å². The summed E-state index contributed by atoms with van der Waals surface area (Å²) >= 11 is 0. The third-order valence-electron chi connectivity index (χ3n) is 5.80. The highest BCUT2D eigenvalue weighted by atomic mass is 19.4. The van der Waals surface area contributed by atoms with Crippen molar-refractivity contribution in [1.82, 2.24) is 0 Å². The first kappa shape index (κ1) is 20.3. The van der Waals surface area contributed by atoms with E-state index in [4.69, 9.17) is 9.47 Å². The van der Waals surface area contributed by atoms with Gasteiger partial charge in [-0.25, -0.2) is 4.79 Å². The lowest BCUT2D eigenvalue weighted by molar-refractivity contribution is -0.275. The van der Waals surface area contributed by atoms with E-state index in [1.165, 1.54) is 18.2 Å². The summed E-state index contributed by atoms with van der Waals surface area (Å²) in [5.41, 5.74) is 4.65. The van der Waals surface area contributed by atoms with Crippen LogP contribution in [-0.4, -0.2) is 12.3 Å². The van der Waals surface area contributed by atoms with Gasteiger partial charge in [0.25, 0.3) is 0 Å². The molecule has 0 N–H and O–H groups in total. The van der Waals surface area contributed by atoms with Gasteiger partial charge in [0.2, 0.25) is 0 Å². The van der Waals surface area contributed by atoms with Crippen LogP contribution in [-0.2, 0) is 22.6 Å². The Balaban J connectivity index is 1.64. The molecular weight excluding hydrogens is 397 g/mol. The van der Waals surface area contributed by atoms with Crippen molar-refractivity contribution in [3.8, 4) is 11.5 Å². The van der Waals surface area contributed by atoms with E-state index in [0.29, 0.717) is 11.3 Å². The van der Waals surface area contributed by atoms with Gasteiger partial charge in [0.15, 0.2) is 0 Å². The molecule has 30 heavy (non-hydrogen) atoms. The molecule has 0 unspecified atom stereocenters. The third kappa shape index (κ3) is 3.64. The van der Waals surface area contributed by atoms with Crippen molar-refractivity contribution in [3.05, 3.63) is 70.3 Å². The zero-order valence-electron chi connectivity index (χ0n) is 16.6. The van der Waals surface area contributed by atoms with Crippen molar-refractivity contribution in [2.45, 2.75) is 45.8 Å². The highest BCUT2D eigenvalue weighted by molar-refractivity contribution is 5.91. The molecule has 1 saturated heterocycles. The monoisotopic (exact) mass is 418 g/mol. The number of ether oxygens (including phenoxy) is 3. The van der Waals surface area contributed by atoms with E-state index in [-0.39, 0.29) is 29.8 Å². The Bertz CT molecular complexity index is 1030. The summed E-state index contributed by atoms with van der Waals surface area (Å²) in [5.74, 6) is -0.181. The SMILES string of the molecule is C=C1C(=O)O[C@H]2c3c(C)c(OCc4ccccc4OC(F)(F)F)cc(C)c3CC[C@@H]12. The number of halogens is 3. The summed E-state index contributed by atoms with van der Waals surface area (Å²) in [6.45, 7) is 7.61. The summed E-state index contributed by atoms with van der Waals surface area (Å²) in [7, 11) is 0. The number of fused-ring (bicyclic) bond motifs is 3. The average molecular weight is 418 g/mol. The van der Waals surface area contributed by atoms with Crippen LogP contribution < -0.4 is 9.47 Å². The maximum absolute atomic E-state index is 12.7. The van der Waals surface area contributed by atoms with E-state index in [1.807, 2.05) is 19.9 Å². The Morgan fingerprint density at radius 3 is 2.67 bits per heavy atom. The number of para-hydroxylation sites is 1. The average Bonchev–Trinajstić information content (AvgIpc) is 2.97. The largest absolute Gasteiger partial charge is 0.573 e. The van der Waals surface area contributed by atoms with Gasteiger partial charge in [-0.05, 0) is 55.5 Å². The Labute approximate surface area is 172 Å². The van der Waals surface area contributed by atoms with Crippen LogP contribution in [0.5, 0.6) is 11.5 Å². The highest BCUT2D eigenvalue weighted by Gasteiger charge is 2.44. The fourth-order valence-corrected chi connectivity index (χ4v) is 4.33. The van der Waals surface area contributed by atoms with Crippen molar-refractivity contribution in [3.63, 3.8) is 0 Å². The first-order chi connectivity index (χ1) is 14.2. The van der Waals surface area contributed by atoms with E-state index in [2.05, 4.69) is 11.3 Å². The van der Waals surface area contributed by atoms with Crippen molar-refractivity contribution in [2.75, 3.05) is 0 Å². The van der Waals surface area contributed by atoms with Crippen LogP contribution in [0, 0.1) is 19.8 Å². The molecule has 0 aromatic heterocycles. The van der Waals surface area contributed by atoms with Crippen LogP contribution in [0.3, 0.4) is 0 Å². The second-order valence-electron chi connectivity index (χ2n) is 7.65. The zero-order valence-corrected chi connectivity index (χ0v) is 16.6. The van der Waals surface area contributed by atoms with Crippen molar-refractivity contribution in [1.29, 1.82) is 0 Å². The van der Waals surface area contributed by atoms with Crippen molar-refractivity contribution < 1.29 is 32.2 Å². The fourth-order valence-electron chi connectivity index (χ4n) is 4.33. The van der Waals surface area contributed by atoms with Crippen LogP contribution in [0.25, 0.3) is 0 Å². The predicted molar refractivity (Wildman–Crippen MR) is 103 cm³/mol. The molecule has 1 heterocycles. The number of hydrogen-bond acceptors (Lipinski definition) is 4. The molecule has 2 aromatic carbocycles. The first-order valence-electron chi connectivity index (χ1n) is 9.65. The molecule has 2 atom stereocenters. The van der Waals surface area contributed by atoms with Gasteiger partial charge in [0.05, 0.1) is 0 Å². The number of carbonyl (C=O) groups is 1. The minimum atomic E-state index is -4.78. The zero-order chi connectivity index (χ0) is 21.6. The molecule has 2 aromatic rings. The quantitative estimate of drug-likeness (QED) is 0.486. The van der Waals surface area contributed by atoms with Crippen LogP contribution in [0.15, 0.2) is 42.5 Å². The number of benzene rings is 2. The van der Waals surface area contributed by atoms with Gasteiger partial charge in [-0.3, -0.25) is 0 Å². The molecule has 1 fully saturated rings. The van der Waals surface area contributed by atoms with Gasteiger partial charge in [0.1, 0.15) is 24.2 Å². The minimum absolute atomic E-state index is 0.0562. The lowest BCUT2D eigenvalue weighted by Crippen LogP contribution is -2.20. The van der Waals surface area contributed by atoms with Gasteiger partial charge in [-0.1, -0.05) is 24.8 Å². The Morgan fingerprint density at radius 2 is 1.93 bits per heavy atom. The van der Waals surface area contributed by atoms with Gasteiger partial charge < -0.3 is 14.2 Å². The predicted octanol–water partition coefficient (Wildman–Crippen LogP) is 5.50. The lowest BCUT2D eigenvalue weighted by atomic mass is 9.76. The number of alkyl halides is 3. The number of esters is 1. The molecule has 0 radical (unpaired) electrons. The van der Waals surface area contributed by atoms with Gasteiger partial charge >= 0.3 is 12.3 Å². The number of rotatable bonds is 4. The van der Waals surface area contributed by atoms with Crippen molar-refractivity contribution in [2.24, 2.45) is 5.92 Å². The molecular formula is C23H21F3O4. The van der Waals surface area contributed by atoms with Crippen LogP contribution in [0.1, 0.15) is 40.3 Å². The van der Waals surface area contributed by atoms with Gasteiger partial charge in [-0.2, -0.15) is 0 Å². The molecule has 0 bridgehead atoms. The molecule has 4 nitrogen and oxygen atoms in total.